The molecule has 7 heteroatoms. The molecule has 0 radical (unpaired) electrons. The third-order valence-corrected chi connectivity index (χ3v) is 2.99. The second-order valence-electron chi connectivity index (χ2n) is 3.26. The molecule has 17 heavy (non-hydrogen) atoms. The van der Waals surface area contributed by atoms with Gasteiger partial charge in [-0.05, 0) is 24.6 Å². The van der Waals surface area contributed by atoms with E-state index in [0.717, 1.165) is 5.56 Å². The summed E-state index contributed by atoms with van der Waals surface area (Å²) in [4.78, 5) is 25.3. The van der Waals surface area contributed by atoms with Gasteiger partial charge in [0.15, 0.2) is 5.78 Å². The molecular weight excluding hydrogens is 314 g/mol. The van der Waals surface area contributed by atoms with Crippen LogP contribution in [0.3, 0.4) is 0 Å². The number of Topliss-reactive ketones (excluding diaryl/α,β-unsaturated/α-hetero) is 1. The van der Waals surface area contributed by atoms with Crippen LogP contribution in [0.1, 0.15) is 22.3 Å². The lowest BCUT2D eigenvalue weighted by molar-refractivity contribution is -0.182. The summed E-state index contributed by atoms with van der Waals surface area (Å²) in [7, 11) is 2.06. The van der Waals surface area contributed by atoms with E-state index in [1.165, 1.54) is 6.07 Å². The molecule has 0 aliphatic carbocycles. The fraction of sp³-hybridized carbons (Fsp3) is 0.200. The standard InChI is InChI=1S/C10H9BrFO4P/c1-5-2-7(11)6(3-9(5)16-17)8(13)4-10(14)15-12/h2-3H,4,17H2,1H3. The SMILES string of the molecule is Cc1cc(Br)c(C(=O)CC(=O)OF)cc1OP. The molecule has 0 N–H and O–H groups in total. The first-order valence-corrected chi connectivity index (χ1v) is 5.77. The van der Waals surface area contributed by atoms with Gasteiger partial charge in [0.1, 0.15) is 12.2 Å². The molecule has 92 valence electrons. The van der Waals surface area contributed by atoms with E-state index in [-0.39, 0.29) is 5.56 Å². The zero-order chi connectivity index (χ0) is 13.0. The smallest absolute Gasteiger partial charge is 0.356 e. The fourth-order valence-electron chi connectivity index (χ4n) is 1.25. The van der Waals surface area contributed by atoms with Crippen molar-refractivity contribution in [2.24, 2.45) is 0 Å². The van der Waals surface area contributed by atoms with Crippen molar-refractivity contribution in [1.29, 1.82) is 0 Å². The van der Waals surface area contributed by atoms with Crippen molar-refractivity contribution < 1.29 is 23.6 Å². The number of halogens is 2. The highest BCUT2D eigenvalue weighted by molar-refractivity contribution is 9.10. The molecule has 0 aliphatic rings. The molecule has 0 heterocycles. The number of carbonyl (C=O) groups is 2. The van der Waals surface area contributed by atoms with E-state index in [1.54, 1.807) is 13.0 Å². The molecular formula is C10H9BrFO4P. The summed E-state index contributed by atoms with van der Waals surface area (Å²) in [5.41, 5.74) is 1.05. The van der Waals surface area contributed by atoms with Crippen molar-refractivity contribution in [3.05, 3.63) is 27.7 Å². The number of benzene rings is 1. The molecule has 0 amide bonds. The Labute approximate surface area is 108 Å². The van der Waals surface area contributed by atoms with Crippen LogP contribution in [0.5, 0.6) is 5.75 Å². The molecule has 0 spiro atoms. The van der Waals surface area contributed by atoms with Gasteiger partial charge in [-0.15, -0.1) is 0 Å². The number of aryl methyl sites for hydroxylation is 1. The highest BCUT2D eigenvalue weighted by atomic mass is 79.9. The second-order valence-corrected chi connectivity index (χ2v) is 4.35. The lowest BCUT2D eigenvalue weighted by Gasteiger charge is -2.08. The summed E-state index contributed by atoms with van der Waals surface area (Å²) >= 11 is 3.19. The molecule has 1 aromatic carbocycles. The van der Waals surface area contributed by atoms with E-state index < -0.39 is 18.2 Å². The van der Waals surface area contributed by atoms with Crippen molar-refractivity contribution >= 4 is 37.1 Å². The van der Waals surface area contributed by atoms with Gasteiger partial charge in [0.05, 0.1) is 9.47 Å². The number of carbonyl (C=O) groups excluding carboxylic acids is 2. The number of rotatable bonds is 4. The van der Waals surface area contributed by atoms with Crippen LogP contribution >= 0.6 is 25.4 Å². The van der Waals surface area contributed by atoms with Crippen LogP contribution < -0.4 is 4.52 Å². The Bertz CT molecular complexity index is 464. The highest BCUT2D eigenvalue weighted by Gasteiger charge is 2.18. The molecule has 1 atom stereocenters. The van der Waals surface area contributed by atoms with Gasteiger partial charge in [-0.2, -0.15) is 0 Å². The minimum atomic E-state index is -1.23. The minimum absolute atomic E-state index is 0.235. The Balaban J connectivity index is 3.05. The Morgan fingerprint density at radius 1 is 1.47 bits per heavy atom. The average Bonchev–Trinajstić information content (AvgIpc) is 2.28. The van der Waals surface area contributed by atoms with Crippen molar-refractivity contribution in [1.82, 2.24) is 0 Å². The van der Waals surface area contributed by atoms with Crippen LogP contribution in [0.4, 0.5) is 4.53 Å². The number of ketones is 1. The summed E-state index contributed by atoms with van der Waals surface area (Å²) in [5.74, 6) is -1.30. The van der Waals surface area contributed by atoms with Crippen LogP contribution in [-0.2, 0) is 9.74 Å². The molecule has 0 aromatic heterocycles. The summed E-state index contributed by atoms with van der Waals surface area (Å²) in [6.07, 6.45) is -0.658. The van der Waals surface area contributed by atoms with E-state index in [4.69, 9.17) is 4.52 Å². The van der Waals surface area contributed by atoms with E-state index >= 15 is 0 Å². The molecule has 0 aliphatic heterocycles. The predicted octanol–water partition coefficient (Wildman–Crippen LogP) is 2.93. The van der Waals surface area contributed by atoms with Crippen LogP contribution in [0, 0.1) is 6.92 Å². The lowest BCUT2D eigenvalue weighted by Crippen LogP contribution is -2.09. The van der Waals surface area contributed by atoms with Crippen molar-refractivity contribution in [3.8, 4) is 5.75 Å². The third-order valence-electron chi connectivity index (χ3n) is 2.08. The summed E-state index contributed by atoms with van der Waals surface area (Å²) < 4.78 is 17.0. The lowest BCUT2D eigenvalue weighted by atomic mass is 10.1. The normalized spacial score (nSPS) is 9.88. The Kier molecular flexibility index (Phi) is 5.02. The van der Waals surface area contributed by atoms with Gasteiger partial charge in [-0.1, -0.05) is 15.9 Å². The topological polar surface area (TPSA) is 52.6 Å². The first-order chi connectivity index (χ1) is 7.99. The van der Waals surface area contributed by atoms with E-state index in [0.29, 0.717) is 10.2 Å². The largest absolute Gasteiger partial charge is 0.480 e. The zero-order valence-electron chi connectivity index (χ0n) is 8.83. The molecule has 0 fully saturated rings. The van der Waals surface area contributed by atoms with Gasteiger partial charge >= 0.3 is 5.97 Å². The van der Waals surface area contributed by atoms with Crippen LogP contribution in [-0.4, -0.2) is 11.8 Å². The van der Waals surface area contributed by atoms with Crippen LogP contribution in [0.2, 0.25) is 0 Å². The first-order valence-electron chi connectivity index (χ1n) is 4.51. The average molecular weight is 323 g/mol. The quantitative estimate of drug-likeness (QED) is 0.486. The Hall–Kier alpha value is -1.00. The van der Waals surface area contributed by atoms with Crippen LogP contribution in [0.15, 0.2) is 16.6 Å². The van der Waals surface area contributed by atoms with Crippen LogP contribution in [0.25, 0.3) is 0 Å². The van der Waals surface area contributed by atoms with Crippen molar-refractivity contribution in [2.45, 2.75) is 13.3 Å². The molecule has 4 nitrogen and oxygen atoms in total. The Morgan fingerprint density at radius 2 is 2.12 bits per heavy atom. The molecule has 1 unspecified atom stereocenters. The molecule has 0 saturated carbocycles. The first kappa shape index (κ1) is 14.1. The Morgan fingerprint density at radius 3 is 2.65 bits per heavy atom. The van der Waals surface area contributed by atoms with Crippen molar-refractivity contribution in [3.63, 3.8) is 0 Å². The third kappa shape index (κ3) is 3.48. The van der Waals surface area contributed by atoms with Gasteiger partial charge in [0, 0.05) is 14.6 Å². The monoisotopic (exact) mass is 322 g/mol. The molecule has 1 rings (SSSR count). The number of hydrogen-bond donors (Lipinski definition) is 0. The van der Waals surface area contributed by atoms with E-state index in [1.807, 2.05) is 0 Å². The van der Waals surface area contributed by atoms with Gasteiger partial charge in [-0.25, -0.2) is 4.79 Å². The maximum absolute atomic E-state index is 11.7. The van der Waals surface area contributed by atoms with Gasteiger partial charge in [0.25, 0.3) is 0 Å². The molecule has 0 bridgehead atoms. The minimum Gasteiger partial charge on any atom is -0.480 e. The van der Waals surface area contributed by atoms with Gasteiger partial charge in [-0.3, -0.25) is 9.74 Å². The van der Waals surface area contributed by atoms with E-state index in [9.17, 15) is 14.1 Å². The van der Waals surface area contributed by atoms with Crippen molar-refractivity contribution in [2.75, 3.05) is 0 Å². The number of hydrogen-bond acceptors (Lipinski definition) is 4. The summed E-state index contributed by atoms with van der Waals surface area (Å²) in [5, 5.41) is 0. The summed E-state index contributed by atoms with van der Waals surface area (Å²) in [6.45, 7) is 1.80. The fourth-order valence-corrected chi connectivity index (χ4v) is 2.18. The molecule has 0 saturated heterocycles. The summed E-state index contributed by atoms with van der Waals surface area (Å²) in [6, 6.07) is 3.15. The zero-order valence-corrected chi connectivity index (χ0v) is 11.6. The van der Waals surface area contributed by atoms with Gasteiger partial charge < -0.3 is 4.52 Å². The van der Waals surface area contributed by atoms with Gasteiger partial charge in [0.2, 0.25) is 0 Å². The maximum Gasteiger partial charge on any atom is 0.356 e. The second kappa shape index (κ2) is 6.07. The highest BCUT2D eigenvalue weighted by Crippen LogP contribution is 2.29. The predicted molar refractivity (Wildman–Crippen MR) is 65.4 cm³/mol. The molecule has 1 aromatic rings. The van der Waals surface area contributed by atoms with E-state index in [2.05, 4.69) is 30.3 Å². The maximum atomic E-state index is 11.7.